The van der Waals surface area contributed by atoms with Gasteiger partial charge in [-0.05, 0) is 29.3 Å². The molecule has 118 valence electrons. The summed E-state index contributed by atoms with van der Waals surface area (Å²) in [7, 11) is 0. The Morgan fingerprint density at radius 2 is 2.13 bits per heavy atom. The monoisotopic (exact) mass is 345 g/mol. The van der Waals surface area contributed by atoms with Crippen molar-refractivity contribution in [2.45, 2.75) is 18.8 Å². The smallest absolute Gasteiger partial charge is 0.267 e. The Labute approximate surface area is 141 Å². The van der Waals surface area contributed by atoms with Crippen molar-refractivity contribution in [3.63, 3.8) is 0 Å². The van der Waals surface area contributed by atoms with E-state index in [1.807, 2.05) is 28.5 Å². The average molecular weight is 345 g/mol. The highest BCUT2D eigenvalue weighted by atomic mass is 32.1. The lowest BCUT2D eigenvalue weighted by Gasteiger charge is -2.15. The molecule has 0 saturated carbocycles. The summed E-state index contributed by atoms with van der Waals surface area (Å²) < 4.78 is 5.33. The summed E-state index contributed by atoms with van der Waals surface area (Å²) in [5.41, 5.74) is 0. The van der Waals surface area contributed by atoms with E-state index in [1.54, 1.807) is 22.7 Å². The third-order valence-corrected chi connectivity index (χ3v) is 5.76. The molecule has 1 aliphatic rings. The number of likely N-dealkylation sites (tertiary alicyclic amines) is 1. The van der Waals surface area contributed by atoms with E-state index in [-0.39, 0.29) is 11.8 Å². The van der Waals surface area contributed by atoms with Gasteiger partial charge in [0.05, 0.1) is 4.88 Å². The zero-order chi connectivity index (χ0) is 15.6. The molecule has 0 N–H and O–H groups in total. The van der Waals surface area contributed by atoms with Gasteiger partial charge in [-0.25, -0.2) is 0 Å². The van der Waals surface area contributed by atoms with Crippen molar-refractivity contribution >= 4 is 28.6 Å². The quantitative estimate of drug-likeness (QED) is 0.711. The van der Waals surface area contributed by atoms with Crippen molar-refractivity contribution in [2.75, 3.05) is 13.1 Å². The number of carbonyl (C=O) groups excluding carboxylic acids is 1. The summed E-state index contributed by atoms with van der Waals surface area (Å²) in [4.78, 5) is 20.8. The fourth-order valence-corrected chi connectivity index (χ4v) is 4.11. The van der Waals surface area contributed by atoms with Crippen LogP contribution in [-0.4, -0.2) is 34.0 Å². The van der Waals surface area contributed by atoms with Crippen molar-refractivity contribution < 1.29 is 9.32 Å². The molecule has 3 aromatic rings. The lowest BCUT2D eigenvalue weighted by Crippen LogP contribution is -2.27. The van der Waals surface area contributed by atoms with Gasteiger partial charge in [0.25, 0.3) is 5.89 Å². The summed E-state index contributed by atoms with van der Waals surface area (Å²) >= 11 is 3.30. The predicted molar refractivity (Wildman–Crippen MR) is 89.6 cm³/mol. The number of carbonyl (C=O) groups is 1. The van der Waals surface area contributed by atoms with E-state index >= 15 is 0 Å². The van der Waals surface area contributed by atoms with Gasteiger partial charge in [0.1, 0.15) is 0 Å². The largest absolute Gasteiger partial charge is 0.342 e. The Kier molecular flexibility index (Phi) is 3.97. The molecule has 1 unspecified atom stereocenters. The molecule has 1 saturated heterocycles. The van der Waals surface area contributed by atoms with Crippen LogP contribution in [0.3, 0.4) is 0 Å². The van der Waals surface area contributed by atoms with Crippen molar-refractivity contribution in [3.8, 4) is 10.8 Å². The third kappa shape index (κ3) is 3.07. The van der Waals surface area contributed by atoms with Gasteiger partial charge in [-0.3, -0.25) is 4.79 Å². The molecule has 23 heavy (non-hydrogen) atoms. The van der Waals surface area contributed by atoms with Gasteiger partial charge >= 0.3 is 0 Å². The minimum Gasteiger partial charge on any atom is -0.342 e. The van der Waals surface area contributed by atoms with Crippen LogP contribution in [-0.2, 0) is 11.2 Å². The number of thiophene rings is 2. The molecule has 5 nitrogen and oxygen atoms in total. The minimum absolute atomic E-state index is 0.0308. The van der Waals surface area contributed by atoms with E-state index in [0.29, 0.717) is 24.7 Å². The highest BCUT2D eigenvalue weighted by Crippen LogP contribution is 2.29. The zero-order valence-electron chi connectivity index (χ0n) is 12.3. The van der Waals surface area contributed by atoms with Crippen molar-refractivity contribution in [2.24, 2.45) is 0 Å². The Morgan fingerprint density at radius 1 is 1.26 bits per heavy atom. The molecule has 1 amide bonds. The third-order valence-electron chi connectivity index (χ3n) is 3.96. The first-order chi connectivity index (χ1) is 11.3. The summed E-state index contributed by atoms with van der Waals surface area (Å²) in [5, 5.41) is 8.12. The number of nitrogens with zero attached hydrogens (tertiary/aromatic N) is 3. The van der Waals surface area contributed by atoms with Crippen LogP contribution in [0.25, 0.3) is 10.8 Å². The molecular formula is C16H15N3O2S2. The van der Waals surface area contributed by atoms with Gasteiger partial charge in [-0.1, -0.05) is 17.3 Å². The molecule has 7 heteroatoms. The number of hydrogen-bond donors (Lipinski definition) is 0. The van der Waals surface area contributed by atoms with E-state index in [9.17, 15) is 4.79 Å². The van der Waals surface area contributed by atoms with E-state index in [0.717, 1.165) is 17.8 Å². The Hall–Kier alpha value is -1.99. The maximum Gasteiger partial charge on any atom is 0.267 e. The first kappa shape index (κ1) is 14.6. The zero-order valence-corrected chi connectivity index (χ0v) is 14.0. The minimum atomic E-state index is 0.0308. The second-order valence-corrected chi connectivity index (χ2v) is 7.49. The van der Waals surface area contributed by atoms with Crippen molar-refractivity contribution in [3.05, 3.63) is 45.7 Å². The standard InChI is InChI=1S/C16H15N3O2S2/c20-14-9-11(10-19(14)6-5-12-3-1-7-22-12)15-17-16(21-18-15)13-4-2-8-23-13/h1-4,7-8,11H,5-6,9-10H2. The lowest BCUT2D eigenvalue weighted by molar-refractivity contribution is -0.127. The highest BCUT2D eigenvalue weighted by molar-refractivity contribution is 7.13. The van der Waals surface area contributed by atoms with Gasteiger partial charge in [0, 0.05) is 30.3 Å². The summed E-state index contributed by atoms with van der Waals surface area (Å²) in [6, 6.07) is 8.06. The topological polar surface area (TPSA) is 59.2 Å². The van der Waals surface area contributed by atoms with Crippen LogP contribution in [0.4, 0.5) is 0 Å². The summed E-state index contributed by atoms with van der Waals surface area (Å²) in [6.07, 6.45) is 1.37. The van der Waals surface area contributed by atoms with Crippen molar-refractivity contribution in [1.82, 2.24) is 15.0 Å². The Balaban J connectivity index is 1.42. The first-order valence-electron chi connectivity index (χ1n) is 7.47. The van der Waals surface area contributed by atoms with Crippen LogP contribution in [0.5, 0.6) is 0 Å². The molecule has 1 aliphatic heterocycles. The van der Waals surface area contributed by atoms with E-state index < -0.39 is 0 Å². The van der Waals surface area contributed by atoms with Crippen LogP contribution in [0.15, 0.2) is 39.5 Å². The fourth-order valence-electron chi connectivity index (χ4n) is 2.76. The summed E-state index contributed by atoms with van der Waals surface area (Å²) in [6.45, 7) is 1.43. The molecule has 0 spiro atoms. The molecule has 1 atom stereocenters. The van der Waals surface area contributed by atoms with Gasteiger partial charge in [-0.2, -0.15) is 4.98 Å². The highest BCUT2D eigenvalue weighted by Gasteiger charge is 2.33. The van der Waals surface area contributed by atoms with Gasteiger partial charge in [-0.15, -0.1) is 22.7 Å². The van der Waals surface area contributed by atoms with Gasteiger partial charge in [0.2, 0.25) is 5.91 Å². The van der Waals surface area contributed by atoms with E-state index in [1.165, 1.54) is 4.88 Å². The van der Waals surface area contributed by atoms with Gasteiger partial charge in [0.15, 0.2) is 5.82 Å². The maximum atomic E-state index is 12.2. The van der Waals surface area contributed by atoms with Crippen LogP contribution < -0.4 is 0 Å². The number of rotatable bonds is 5. The predicted octanol–water partition coefficient (Wildman–Crippen LogP) is 3.42. The molecule has 3 aromatic heterocycles. The second kappa shape index (κ2) is 6.25. The number of hydrogen-bond acceptors (Lipinski definition) is 6. The normalized spacial score (nSPS) is 18.0. The number of amides is 1. The molecule has 1 fully saturated rings. The van der Waals surface area contributed by atoms with Crippen molar-refractivity contribution in [1.29, 1.82) is 0 Å². The molecule has 0 bridgehead atoms. The van der Waals surface area contributed by atoms with E-state index in [2.05, 4.69) is 21.6 Å². The first-order valence-corrected chi connectivity index (χ1v) is 9.23. The van der Waals surface area contributed by atoms with Gasteiger partial charge < -0.3 is 9.42 Å². The van der Waals surface area contributed by atoms with Crippen LogP contribution >= 0.6 is 22.7 Å². The number of aromatic nitrogens is 2. The maximum absolute atomic E-state index is 12.2. The summed E-state index contributed by atoms with van der Waals surface area (Å²) in [5.74, 6) is 1.39. The van der Waals surface area contributed by atoms with Crippen LogP contribution in [0.1, 0.15) is 23.0 Å². The van der Waals surface area contributed by atoms with E-state index in [4.69, 9.17) is 4.52 Å². The average Bonchev–Trinajstić information content (AvgIpc) is 3.32. The molecule has 4 rings (SSSR count). The second-order valence-electron chi connectivity index (χ2n) is 5.51. The molecule has 0 aliphatic carbocycles. The SMILES string of the molecule is O=C1CC(c2noc(-c3cccs3)n2)CN1CCc1cccs1. The Bertz CT molecular complexity index is 780. The molecular weight excluding hydrogens is 330 g/mol. The lowest BCUT2D eigenvalue weighted by atomic mass is 10.1. The molecule has 4 heterocycles. The Morgan fingerprint density at radius 3 is 2.91 bits per heavy atom. The van der Waals surface area contributed by atoms with Crippen LogP contribution in [0.2, 0.25) is 0 Å². The van der Waals surface area contributed by atoms with Crippen LogP contribution in [0, 0.1) is 0 Å². The molecule has 0 radical (unpaired) electrons. The molecule has 0 aromatic carbocycles. The fraction of sp³-hybridized carbons (Fsp3) is 0.312.